The fourth-order valence-corrected chi connectivity index (χ4v) is 2.94. The van der Waals surface area contributed by atoms with Crippen LogP contribution in [0.1, 0.15) is 17.5 Å². The van der Waals surface area contributed by atoms with Gasteiger partial charge in [0.25, 0.3) is 0 Å². The summed E-state index contributed by atoms with van der Waals surface area (Å²) < 4.78 is 13.0. The lowest BCUT2D eigenvalue weighted by Crippen LogP contribution is -2.36. The van der Waals surface area contributed by atoms with Crippen LogP contribution in [-0.4, -0.2) is 18.4 Å². The Morgan fingerprint density at radius 2 is 2.00 bits per heavy atom. The predicted octanol–water partition coefficient (Wildman–Crippen LogP) is 2.80. The van der Waals surface area contributed by atoms with Crippen LogP contribution in [0.2, 0.25) is 0 Å². The molecule has 3 rings (SSSR count). The van der Waals surface area contributed by atoms with Gasteiger partial charge in [-0.1, -0.05) is 29.8 Å². The summed E-state index contributed by atoms with van der Waals surface area (Å²) in [4.78, 5) is 26.3. The first kappa shape index (κ1) is 16.2. The summed E-state index contributed by atoms with van der Waals surface area (Å²) in [5, 5.41) is 2.83. The lowest BCUT2D eigenvalue weighted by Gasteiger charge is -2.16. The van der Waals surface area contributed by atoms with Crippen LogP contribution in [0.15, 0.2) is 48.5 Å². The molecular weight excluding hydrogens is 307 g/mol. The molecule has 124 valence electrons. The van der Waals surface area contributed by atoms with Crippen molar-refractivity contribution in [2.24, 2.45) is 5.92 Å². The Morgan fingerprint density at radius 1 is 1.25 bits per heavy atom. The Bertz CT molecular complexity index is 758. The summed E-state index contributed by atoms with van der Waals surface area (Å²) in [6, 6.07) is 13.6. The molecule has 0 spiro atoms. The summed E-state index contributed by atoms with van der Waals surface area (Å²) in [7, 11) is 0. The van der Waals surface area contributed by atoms with Crippen LogP contribution in [0.3, 0.4) is 0 Å². The summed E-state index contributed by atoms with van der Waals surface area (Å²) >= 11 is 0. The second-order valence-corrected chi connectivity index (χ2v) is 6.01. The molecule has 1 aliphatic heterocycles. The quantitative estimate of drug-likeness (QED) is 0.879. The molecule has 5 heteroatoms. The second kappa shape index (κ2) is 6.83. The number of halogens is 1. The molecule has 1 fully saturated rings. The average Bonchev–Trinajstić information content (AvgIpc) is 2.95. The molecule has 1 N–H and O–H groups in total. The largest absolute Gasteiger partial charge is 0.351 e. The highest BCUT2D eigenvalue weighted by molar-refractivity contribution is 6.09. The molecule has 2 amide bonds. The van der Waals surface area contributed by atoms with E-state index in [1.165, 1.54) is 17.0 Å². The van der Waals surface area contributed by atoms with Crippen LogP contribution in [0, 0.1) is 18.7 Å². The highest BCUT2D eigenvalue weighted by atomic mass is 19.1. The molecule has 0 radical (unpaired) electrons. The lowest BCUT2D eigenvalue weighted by molar-refractivity contribution is -0.132. The van der Waals surface area contributed by atoms with Crippen molar-refractivity contribution in [2.75, 3.05) is 11.4 Å². The van der Waals surface area contributed by atoms with Gasteiger partial charge in [-0.2, -0.15) is 0 Å². The van der Waals surface area contributed by atoms with Gasteiger partial charge >= 0.3 is 0 Å². The van der Waals surface area contributed by atoms with Gasteiger partial charge in [-0.25, -0.2) is 4.39 Å². The van der Waals surface area contributed by atoms with Gasteiger partial charge in [0.2, 0.25) is 11.8 Å². The highest BCUT2D eigenvalue weighted by Gasteiger charge is 2.37. The van der Waals surface area contributed by atoms with E-state index in [-0.39, 0.29) is 17.6 Å². The number of carbonyl (C=O) groups is 2. The number of rotatable bonds is 4. The SMILES string of the molecule is Cc1cccc(CNC(=O)[C@@H]2CCN(c3ccc(F)cc3)C2=O)c1. The van der Waals surface area contributed by atoms with Crippen LogP contribution in [0.4, 0.5) is 10.1 Å². The minimum atomic E-state index is -0.681. The third kappa shape index (κ3) is 3.45. The summed E-state index contributed by atoms with van der Waals surface area (Å²) in [5.41, 5.74) is 2.75. The van der Waals surface area contributed by atoms with E-state index in [1.807, 2.05) is 31.2 Å². The van der Waals surface area contributed by atoms with Gasteiger partial charge in [0.05, 0.1) is 0 Å². The molecule has 0 bridgehead atoms. The van der Waals surface area contributed by atoms with Gasteiger partial charge in [-0.15, -0.1) is 0 Å². The first-order valence-electron chi connectivity index (χ1n) is 7.95. The van der Waals surface area contributed by atoms with E-state index in [1.54, 1.807) is 12.1 Å². The summed E-state index contributed by atoms with van der Waals surface area (Å²) in [6.07, 6.45) is 0.468. The van der Waals surface area contributed by atoms with E-state index in [4.69, 9.17) is 0 Å². The molecule has 4 nitrogen and oxygen atoms in total. The summed E-state index contributed by atoms with van der Waals surface area (Å²) in [5.74, 6) is -1.52. The van der Waals surface area contributed by atoms with Gasteiger partial charge in [-0.05, 0) is 43.2 Å². The Balaban J connectivity index is 1.62. The van der Waals surface area contributed by atoms with E-state index in [2.05, 4.69) is 5.32 Å². The number of aryl methyl sites for hydroxylation is 1. The first-order chi connectivity index (χ1) is 11.5. The number of nitrogens with zero attached hydrogens (tertiary/aromatic N) is 1. The van der Waals surface area contributed by atoms with Crippen LogP contribution in [0.5, 0.6) is 0 Å². The number of benzene rings is 2. The van der Waals surface area contributed by atoms with Gasteiger partial charge in [0.15, 0.2) is 0 Å². The minimum absolute atomic E-state index is 0.233. The van der Waals surface area contributed by atoms with Crippen LogP contribution >= 0.6 is 0 Å². The molecule has 1 heterocycles. The predicted molar refractivity (Wildman–Crippen MR) is 89.9 cm³/mol. The summed E-state index contributed by atoms with van der Waals surface area (Å²) in [6.45, 7) is 2.86. The average molecular weight is 326 g/mol. The molecule has 2 aromatic carbocycles. The van der Waals surface area contributed by atoms with Crippen LogP contribution in [0.25, 0.3) is 0 Å². The van der Waals surface area contributed by atoms with Gasteiger partial charge in [-0.3, -0.25) is 9.59 Å². The van der Waals surface area contributed by atoms with Crippen molar-refractivity contribution in [3.8, 4) is 0 Å². The molecule has 2 aromatic rings. The van der Waals surface area contributed by atoms with Crippen molar-refractivity contribution in [3.63, 3.8) is 0 Å². The van der Waals surface area contributed by atoms with E-state index in [9.17, 15) is 14.0 Å². The molecular formula is C19H19FN2O2. The smallest absolute Gasteiger partial charge is 0.239 e. The zero-order valence-electron chi connectivity index (χ0n) is 13.5. The molecule has 1 saturated heterocycles. The standard InChI is InChI=1S/C19H19FN2O2/c1-13-3-2-4-14(11-13)12-21-18(23)17-9-10-22(19(17)24)16-7-5-15(20)6-8-16/h2-8,11,17H,9-10,12H2,1H3,(H,21,23)/t17-/m0/s1. The minimum Gasteiger partial charge on any atom is -0.351 e. The lowest BCUT2D eigenvalue weighted by atomic mass is 10.1. The maximum absolute atomic E-state index is 13.0. The van der Waals surface area contributed by atoms with E-state index in [0.29, 0.717) is 25.2 Å². The first-order valence-corrected chi connectivity index (χ1v) is 7.95. The third-order valence-corrected chi connectivity index (χ3v) is 4.21. The molecule has 0 saturated carbocycles. The molecule has 1 atom stereocenters. The van der Waals surface area contributed by atoms with Crippen molar-refractivity contribution < 1.29 is 14.0 Å². The van der Waals surface area contributed by atoms with Gasteiger partial charge in [0, 0.05) is 18.8 Å². The number of hydrogen-bond donors (Lipinski definition) is 1. The zero-order chi connectivity index (χ0) is 17.1. The fraction of sp³-hybridized carbons (Fsp3) is 0.263. The molecule has 0 aliphatic carbocycles. The Labute approximate surface area is 140 Å². The number of nitrogens with one attached hydrogen (secondary N) is 1. The topological polar surface area (TPSA) is 49.4 Å². The third-order valence-electron chi connectivity index (χ3n) is 4.21. The van der Waals surface area contributed by atoms with Gasteiger partial charge < -0.3 is 10.2 Å². The van der Waals surface area contributed by atoms with E-state index < -0.39 is 5.92 Å². The Kier molecular flexibility index (Phi) is 4.60. The number of carbonyl (C=O) groups excluding carboxylic acids is 2. The number of amides is 2. The maximum atomic E-state index is 13.0. The Hall–Kier alpha value is -2.69. The van der Waals surface area contributed by atoms with Crippen molar-refractivity contribution >= 4 is 17.5 Å². The maximum Gasteiger partial charge on any atom is 0.239 e. The molecule has 24 heavy (non-hydrogen) atoms. The number of anilines is 1. The van der Waals surface area contributed by atoms with E-state index >= 15 is 0 Å². The normalized spacial score (nSPS) is 17.2. The van der Waals surface area contributed by atoms with Crippen LogP contribution in [-0.2, 0) is 16.1 Å². The molecule has 1 aliphatic rings. The van der Waals surface area contributed by atoms with Crippen LogP contribution < -0.4 is 10.2 Å². The monoisotopic (exact) mass is 326 g/mol. The zero-order valence-corrected chi connectivity index (χ0v) is 13.5. The highest BCUT2D eigenvalue weighted by Crippen LogP contribution is 2.25. The number of hydrogen-bond acceptors (Lipinski definition) is 2. The van der Waals surface area contributed by atoms with Crippen molar-refractivity contribution in [2.45, 2.75) is 19.9 Å². The van der Waals surface area contributed by atoms with Crippen molar-refractivity contribution in [3.05, 3.63) is 65.5 Å². The van der Waals surface area contributed by atoms with Gasteiger partial charge in [0.1, 0.15) is 11.7 Å². The fourth-order valence-electron chi connectivity index (χ4n) is 2.94. The molecule has 0 unspecified atom stereocenters. The van der Waals surface area contributed by atoms with E-state index in [0.717, 1.165) is 11.1 Å². The Morgan fingerprint density at radius 3 is 2.71 bits per heavy atom. The second-order valence-electron chi connectivity index (χ2n) is 6.01. The molecule has 0 aromatic heterocycles. The van der Waals surface area contributed by atoms with Crippen molar-refractivity contribution in [1.29, 1.82) is 0 Å². The van der Waals surface area contributed by atoms with Crippen molar-refractivity contribution in [1.82, 2.24) is 5.32 Å².